The van der Waals surface area contributed by atoms with Crippen molar-refractivity contribution in [1.82, 2.24) is 16.0 Å². The first-order valence-corrected chi connectivity index (χ1v) is 11.3. The van der Waals surface area contributed by atoms with Gasteiger partial charge in [0.15, 0.2) is 6.04 Å². The van der Waals surface area contributed by atoms with Gasteiger partial charge in [-0.1, -0.05) is 50.6 Å². The van der Waals surface area contributed by atoms with Crippen LogP contribution in [0.1, 0.15) is 39.2 Å². The number of carboxylic acid groups (broad SMARTS) is 1. The minimum absolute atomic E-state index is 0.0208. The van der Waals surface area contributed by atoms with Crippen molar-refractivity contribution in [2.24, 2.45) is 17.4 Å². The average molecular weight is 494 g/mol. The van der Waals surface area contributed by atoms with Crippen LogP contribution >= 0.6 is 0 Å². The molecule has 12 heteroatoms. The van der Waals surface area contributed by atoms with Crippen molar-refractivity contribution < 1.29 is 34.2 Å². The Balaban J connectivity index is 3.15. The maximum atomic E-state index is 13.2. The van der Waals surface area contributed by atoms with E-state index in [1.54, 1.807) is 44.2 Å². The number of aliphatic hydroxyl groups excluding tert-OH is 1. The smallest absolute Gasteiger partial charge is 0.328 e. The first kappa shape index (κ1) is 29.5. The Kier molecular flexibility index (Phi) is 11.8. The van der Waals surface area contributed by atoms with Gasteiger partial charge < -0.3 is 37.6 Å². The molecule has 0 aliphatic rings. The number of hydrogen-bond donors (Lipinski definition) is 7. The lowest BCUT2D eigenvalue weighted by molar-refractivity contribution is -0.145. The fraction of sp³-hybridized carbons (Fsp3) is 0.522. The highest BCUT2D eigenvalue weighted by molar-refractivity contribution is 5.95. The second kappa shape index (κ2) is 14.0. The fourth-order valence-electron chi connectivity index (χ4n) is 3.23. The Bertz CT molecular complexity index is 894. The highest BCUT2D eigenvalue weighted by Crippen LogP contribution is 2.11. The molecule has 6 unspecified atom stereocenters. The zero-order valence-electron chi connectivity index (χ0n) is 20.1. The minimum Gasteiger partial charge on any atom is -0.480 e. The lowest BCUT2D eigenvalue weighted by atomic mass is 9.96. The van der Waals surface area contributed by atoms with Gasteiger partial charge in [-0.15, -0.1) is 0 Å². The zero-order chi connectivity index (χ0) is 26.7. The number of nitrogens with one attached hydrogen (secondary N) is 3. The molecule has 1 aromatic rings. The summed E-state index contributed by atoms with van der Waals surface area (Å²) < 4.78 is 0. The van der Waals surface area contributed by atoms with Crippen molar-refractivity contribution in [1.29, 1.82) is 0 Å². The number of amides is 4. The topological polar surface area (TPSA) is 214 Å². The van der Waals surface area contributed by atoms with Gasteiger partial charge in [0.1, 0.15) is 12.1 Å². The number of carbonyl (C=O) groups is 5. The van der Waals surface area contributed by atoms with Gasteiger partial charge in [-0.2, -0.15) is 0 Å². The summed E-state index contributed by atoms with van der Waals surface area (Å²) in [5.41, 5.74) is 11.4. The highest BCUT2D eigenvalue weighted by atomic mass is 16.4. The van der Waals surface area contributed by atoms with Gasteiger partial charge >= 0.3 is 5.97 Å². The lowest BCUT2D eigenvalue weighted by Gasteiger charge is -2.28. The quantitative estimate of drug-likeness (QED) is 0.160. The Morgan fingerprint density at radius 3 is 1.97 bits per heavy atom. The fourth-order valence-corrected chi connectivity index (χ4v) is 3.23. The van der Waals surface area contributed by atoms with E-state index in [1.165, 1.54) is 6.92 Å². The zero-order valence-corrected chi connectivity index (χ0v) is 20.1. The van der Waals surface area contributed by atoms with Crippen molar-refractivity contribution >= 4 is 29.6 Å². The molecule has 1 rings (SSSR count). The minimum atomic E-state index is -1.59. The summed E-state index contributed by atoms with van der Waals surface area (Å²) in [5.74, 6) is -4.86. The summed E-state index contributed by atoms with van der Waals surface area (Å²) >= 11 is 0. The number of aliphatic carboxylic acids is 1. The molecular formula is C23H35N5O7. The first-order chi connectivity index (χ1) is 16.4. The third kappa shape index (κ3) is 9.71. The molecule has 0 heterocycles. The van der Waals surface area contributed by atoms with Crippen molar-refractivity contribution in [2.75, 3.05) is 0 Å². The number of hydrogen-bond acceptors (Lipinski definition) is 7. The summed E-state index contributed by atoms with van der Waals surface area (Å²) in [6.07, 6.45) is -1.28. The number of rotatable bonds is 14. The number of primary amides is 1. The molecular weight excluding hydrogens is 458 g/mol. The molecule has 0 aliphatic heterocycles. The van der Waals surface area contributed by atoms with Gasteiger partial charge in [0.05, 0.1) is 18.6 Å². The molecule has 0 fully saturated rings. The third-order valence-electron chi connectivity index (χ3n) is 5.51. The molecule has 1 aromatic carbocycles. The summed E-state index contributed by atoms with van der Waals surface area (Å²) in [5, 5.41) is 26.3. The Labute approximate surface area is 203 Å². The molecule has 0 aliphatic carbocycles. The van der Waals surface area contributed by atoms with E-state index < -0.39 is 66.3 Å². The van der Waals surface area contributed by atoms with E-state index in [-0.39, 0.29) is 12.3 Å². The largest absolute Gasteiger partial charge is 0.480 e. The molecule has 0 bridgehead atoms. The SMILES string of the molecule is CCC(C)C(NC(=O)C(N)CC(N)=O)C(=O)NC(Cc1ccccc1)C(=O)NC(C(=O)O)C(C)O. The van der Waals surface area contributed by atoms with E-state index in [4.69, 9.17) is 11.5 Å². The highest BCUT2D eigenvalue weighted by Gasteiger charge is 2.33. The van der Waals surface area contributed by atoms with Crippen LogP contribution < -0.4 is 27.4 Å². The number of benzene rings is 1. The van der Waals surface area contributed by atoms with Crippen LogP contribution in [0.5, 0.6) is 0 Å². The second-order valence-corrected chi connectivity index (χ2v) is 8.46. The Morgan fingerprint density at radius 1 is 0.914 bits per heavy atom. The maximum absolute atomic E-state index is 13.2. The first-order valence-electron chi connectivity index (χ1n) is 11.3. The molecule has 0 radical (unpaired) electrons. The van der Waals surface area contributed by atoms with Crippen molar-refractivity contribution in [3.05, 3.63) is 35.9 Å². The molecule has 0 saturated heterocycles. The van der Waals surface area contributed by atoms with Crippen LogP contribution in [0.2, 0.25) is 0 Å². The predicted octanol–water partition coefficient (Wildman–Crippen LogP) is -1.60. The lowest BCUT2D eigenvalue weighted by Crippen LogP contribution is -2.60. The number of aliphatic hydroxyl groups is 1. The van der Waals surface area contributed by atoms with Gasteiger partial charge in [0.2, 0.25) is 23.6 Å². The summed E-state index contributed by atoms with van der Waals surface area (Å²) in [7, 11) is 0. The molecule has 12 nitrogen and oxygen atoms in total. The normalized spacial score (nSPS) is 16.0. The maximum Gasteiger partial charge on any atom is 0.328 e. The van der Waals surface area contributed by atoms with E-state index in [0.717, 1.165) is 0 Å². The monoisotopic (exact) mass is 493 g/mol. The van der Waals surface area contributed by atoms with Crippen LogP contribution in [-0.4, -0.2) is 70.1 Å². The van der Waals surface area contributed by atoms with Crippen LogP contribution in [0.15, 0.2) is 30.3 Å². The van der Waals surface area contributed by atoms with Crippen LogP contribution in [0.25, 0.3) is 0 Å². The van der Waals surface area contributed by atoms with Gasteiger partial charge in [-0.3, -0.25) is 19.2 Å². The van der Waals surface area contributed by atoms with E-state index in [0.29, 0.717) is 12.0 Å². The van der Waals surface area contributed by atoms with Crippen LogP contribution in [0.4, 0.5) is 0 Å². The number of nitrogens with two attached hydrogens (primary N) is 2. The Morgan fingerprint density at radius 2 is 1.49 bits per heavy atom. The van der Waals surface area contributed by atoms with Crippen LogP contribution in [-0.2, 0) is 30.4 Å². The molecule has 6 atom stereocenters. The Hall–Kier alpha value is -3.51. The molecule has 35 heavy (non-hydrogen) atoms. The molecule has 0 spiro atoms. The molecule has 4 amide bonds. The van der Waals surface area contributed by atoms with E-state index in [9.17, 15) is 34.2 Å². The predicted molar refractivity (Wildman–Crippen MR) is 126 cm³/mol. The average Bonchev–Trinajstić information content (AvgIpc) is 2.79. The summed E-state index contributed by atoms with van der Waals surface area (Å²) in [4.78, 5) is 61.1. The molecule has 194 valence electrons. The van der Waals surface area contributed by atoms with E-state index in [1.807, 2.05) is 0 Å². The summed E-state index contributed by atoms with van der Waals surface area (Å²) in [6.45, 7) is 4.73. The number of carbonyl (C=O) groups excluding carboxylic acids is 4. The van der Waals surface area contributed by atoms with Gasteiger partial charge in [0.25, 0.3) is 0 Å². The third-order valence-corrected chi connectivity index (χ3v) is 5.51. The molecule has 0 aromatic heterocycles. The van der Waals surface area contributed by atoms with E-state index >= 15 is 0 Å². The number of carboxylic acids is 1. The van der Waals surface area contributed by atoms with Crippen molar-refractivity contribution in [3.63, 3.8) is 0 Å². The van der Waals surface area contributed by atoms with Gasteiger partial charge in [-0.05, 0) is 18.4 Å². The molecule has 9 N–H and O–H groups in total. The van der Waals surface area contributed by atoms with E-state index in [2.05, 4.69) is 16.0 Å². The second-order valence-electron chi connectivity index (χ2n) is 8.46. The van der Waals surface area contributed by atoms with Crippen LogP contribution in [0, 0.1) is 5.92 Å². The van der Waals surface area contributed by atoms with Gasteiger partial charge in [-0.25, -0.2) is 4.79 Å². The van der Waals surface area contributed by atoms with Crippen molar-refractivity contribution in [2.45, 2.75) is 70.3 Å². The molecule has 0 saturated carbocycles. The van der Waals surface area contributed by atoms with Gasteiger partial charge in [0, 0.05) is 6.42 Å². The van der Waals surface area contributed by atoms with Crippen LogP contribution in [0.3, 0.4) is 0 Å². The summed E-state index contributed by atoms with van der Waals surface area (Å²) in [6, 6.07) is 3.56. The van der Waals surface area contributed by atoms with Crippen molar-refractivity contribution in [3.8, 4) is 0 Å². The standard InChI is InChI=1S/C23H35N5O7/c1-4-12(2)18(27-20(31)15(24)11-17(25)30)22(33)26-16(10-14-8-6-5-7-9-14)21(32)28-19(13(3)29)23(34)35/h5-9,12-13,15-16,18-19,29H,4,10-11,24H2,1-3H3,(H2,25,30)(H,26,33)(H,27,31)(H,28,32)(H,34,35).